The number of anilines is 1. The van der Waals surface area contributed by atoms with E-state index in [-0.39, 0.29) is 5.91 Å². The number of rotatable bonds is 4. The standard InChI is InChI=1S/C18H18N2O2S/c1-4-22-16-10-14-8-6-5-7-13(14)9-15(16)17(21)20-18-19-11(2)12(3)23-18/h5-10H,4H2,1-3H3,(H,19,20,21). The van der Waals surface area contributed by atoms with Crippen molar-refractivity contribution in [2.24, 2.45) is 0 Å². The summed E-state index contributed by atoms with van der Waals surface area (Å²) in [6.45, 7) is 6.34. The van der Waals surface area contributed by atoms with E-state index >= 15 is 0 Å². The largest absolute Gasteiger partial charge is 0.493 e. The molecule has 2 aromatic carbocycles. The van der Waals surface area contributed by atoms with Gasteiger partial charge in [0.15, 0.2) is 5.13 Å². The summed E-state index contributed by atoms with van der Waals surface area (Å²) in [4.78, 5) is 18.1. The van der Waals surface area contributed by atoms with Crippen LogP contribution < -0.4 is 10.1 Å². The van der Waals surface area contributed by atoms with Crippen LogP contribution in [-0.4, -0.2) is 17.5 Å². The van der Waals surface area contributed by atoms with E-state index in [4.69, 9.17) is 4.74 Å². The Bertz CT molecular complexity index is 851. The molecule has 0 aliphatic rings. The lowest BCUT2D eigenvalue weighted by Crippen LogP contribution is -2.13. The van der Waals surface area contributed by atoms with Crippen molar-refractivity contribution in [1.29, 1.82) is 0 Å². The fraction of sp³-hybridized carbons (Fsp3) is 0.222. The molecule has 0 unspecified atom stereocenters. The highest BCUT2D eigenvalue weighted by Gasteiger charge is 2.16. The number of thiazole rings is 1. The minimum Gasteiger partial charge on any atom is -0.493 e. The lowest BCUT2D eigenvalue weighted by Gasteiger charge is -2.11. The third-order valence-electron chi connectivity index (χ3n) is 3.64. The first-order chi connectivity index (χ1) is 11.1. The maximum Gasteiger partial charge on any atom is 0.261 e. The van der Waals surface area contributed by atoms with Crippen LogP contribution in [0.1, 0.15) is 27.9 Å². The Morgan fingerprint density at radius 1 is 1.22 bits per heavy atom. The fourth-order valence-corrected chi connectivity index (χ4v) is 3.17. The van der Waals surface area contributed by atoms with Crippen molar-refractivity contribution < 1.29 is 9.53 Å². The third kappa shape index (κ3) is 3.19. The first-order valence-corrected chi connectivity index (χ1v) is 8.31. The molecular weight excluding hydrogens is 308 g/mol. The number of carbonyl (C=O) groups is 1. The van der Waals surface area contributed by atoms with E-state index in [9.17, 15) is 4.79 Å². The van der Waals surface area contributed by atoms with Gasteiger partial charge in [0.25, 0.3) is 5.91 Å². The molecule has 1 heterocycles. The van der Waals surface area contributed by atoms with Gasteiger partial charge in [-0.25, -0.2) is 4.98 Å². The van der Waals surface area contributed by atoms with Gasteiger partial charge < -0.3 is 4.74 Å². The molecule has 0 aliphatic heterocycles. The SMILES string of the molecule is CCOc1cc2ccccc2cc1C(=O)Nc1nc(C)c(C)s1. The monoisotopic (exact) mass is 326 g/mol. The highest BCUT2D eigenvalue weighted by molar-refractivity contribution is 7.15. The highest BCUT2D eigenvalue weighted by Crippen LogP contribution is 2.28. The van der Waals surface area contributed by atoms with Crippen LogP contribution in [0.5, 0.6) is 5.75 Å². The van der Waals surface area contributed by atoms with Gasteiger partial charge in [0, 0.05) is 4.88 Å². The smallest absolute Gasteiger partial charge is 0.261 e. The molecule has 23 heavy (non-hydrogen) atoms. The normalized spacial score (nSPS) is 10.7. The summed E-state index contributed by atoms with van der Waals surface area (Å²) < 4.78 is 5.66. The molecule has 0 fully saturated rings. The highest BCUT2D eigenvalue weighted by atomic mass is 32.1. The van der Waals surface area contributed by atoms with E-state index in [1.807, 2.05) is 57.2 Å². The molecule has 118 valence electrons. The lowest BCUT2D eigenvalue weighted by atomic mass is 10.1. The first kappa shape index (κ1) is 15.5. The number of hydrogen-bond acceptors (Lipinski definition) is 4. The first-order valence-electron chi connectivity index (χ1n) is 7.49. The number of benzene rings is 2. The summed E-state index contributed by atoms with van der Waals surface area (Å²) >= 11 is 1.48. The minimum atomic E-state index is -0.201. The topological polar surface area (TPSA) is 51.2 Å². The van der Waals surface area contributed by atoms with E-state index in [1.54, 1.807) is 0 Å². The van der Waals surface area contributed by atoms with Gasteiger partial charge in [0.2, 0.25) is 0 Å². The minimum absolute atomic E-state index is 0.201. The van der Waals surface area contributed by atoms with Crippen LogP contribution in [0.25, 0.3) is 10.8 Å². The molecule has 1 N–H and O–H groups in total. The Balaban J connectivity index is 1.98. The van der Waals surface area contributed by atoms with E-state index < -0.39 is 0 Å². The second kappa shape index (κ2) is 6.38. The number of aryl methyl sites for hydroxylation is 2. The van der Waals surface area contributed by atoms with Crippen LogP contribution in [-0.2, 0) is 0 Å². The van der Waals surface area contributed by atoms with Gasteiger partial charge in [-0.2, -0.15) is 0 Å². The van der Waals surface area contributed by atoms with E-state index in [0.717, 1.165) is 21.3 Å². The number of hydrogen-bond donors (Lipinski definition) is 1. The summed E-state index contributed by atoms with van der Waals surface area (Å²) in [6.07, 6.45) is 0. The second-order valence-corrected chi connectivity index (χ2v) is 6.45. The Hall–Kier alpha value is -2.40. The van der Waals surface area contributed by atoms with Crippen molar-refractivity contribution in [2.75, 3.05) is 11.9 Å². The number of amides is 1. The molecule has 0 saturated carbocycles. The van der Waals surface area contributed by atoms with Crippen molar-refractivity contribution in [2.45, 2.75) is 20.8 Å². The van der Waals surface area contributed by atoms with Crippen LogP contribution >= 0.6 is 11.3 Å². The Morgan fingerprint density at radius 3 is 2.52 bits per heavy atom. The van der Waals surface area contributed by atoms with E-state index in [0.29, 0.717) is 23.1 Å². The van der Waals surface area contributed by atoms with Gasteiger partial charge in [-0.3, -0.25) is 10.1 Å². The van der Waals surface area contributed by atoms with Crippen molar-refractivity contribution in [1.82, 2.24) is 4.98 Å². The van der Waals surface area contributed by atoms with E-state index in [2.05, 4.69) is 10.3 Å². The molecule has 3 rings (SSSR count). The molecule has 0 saturated heterocycles. The van der Waals surface area contributed by atoms with Gasteiger partial charge in [0.1, 0.15) is 5.75 Å². The quantitative estimate of drug-likeness (QED) is 0.764. The zero-order chi connectivity index (χ0) is 16.4. The predicted octanol–water partition coefficient (Wildman–Crippen LogP) is 4.56. The van der Waals surface area contributed by atoms with Crippen molar-refractivity contribution in [3.8, 4) is 5.75 Å². The maximum absolute atomic E-state index is 12.6. The average Bonchev–Trinajstić information content (AvgIpc) is 2.84. The van der Waals surface area contributed by atoms with Gasteiger partial charge in [0.05, 0.1) is 17.9 Å². The van der Waals surface area contributed by atoms with Gasteiger partial charge in [-0.05, 0) is 43.7 Å². The zero-order valence-corrected chi connectivity index (χ0v) is 14.2. The molecular formula is C18H18N2O2S. The summed E-state index contributed by atoms with van der Waals surface area (Å²) in [7, 11) is 0. The molecule has 4 nitrogen and oxygen atoms in total. The summed E-state index contributed by atoms with van der Waals surface area (Å²) in [5.41, 5.74) is 1.46. The average molecular weight is 326 g/mol. The maximum atomic E-state index is 12.6. The summed E-state index contributed by atoms with van der Waals surface area (Å²) in [6, 6.07) is 11.7. The van der Waals surface area contributed by atoms with Crippen molar-refractivity contribution in [3.05, 3.63) is 52.5 Å². The van der Waals surface area contributed by atoms with Crippen LogP contribution in [0.4, 0.5) is 5.13 Å². The zero-order valence-electron chi connectivity index (χ0n) is 13.3. The Labute approximate surface area is 139 Å². The molecule has 3 aromatic rings. The molecule has 0 radical (unpaired) electrons. The van der Waals surface area contributed by atoms with E-state index in [1.165, 1.54) is 11.3 Å². The number of nitrogens with zero attached hydrogens (tertiary/aromatic N) is 1. The number of carbonyl (C=O) groups excluding carboxylic acids is 1. The van der Waals surface area contributed by atoms with Crippen LogP contribution in [0.15, 0.2) is 36.4 Å². The predicted molar refractivity (Wildman–Crippen MR) is 94.7 cm³/mol. The molecule has 0 atom stereocenters. The van der Waals surface area contributed by atoms with Gasteiger partial charge >= 0.3 is 0 Å². The van der Waals surface area contributed by atoms with Gasteiger partial charge in [-0.15, -0.1) is 11.3 Å². The Kier molecular flexibility index (Phi) is 4.30. The number of ether oxygens (including phenoxy) is 1. The second-order valence-electron chi connectivity index (χ2n) is 5.24. The lowest BCUT2D eigenvalue weighted by molar-refractivity contribution is 0.102. The third-order valence-corrected chi connectivity index (χ3v) is 4.63. The van der Waals surface area contributed by atoms with Crippen LogP contribution in [0, 0.1) is 13.8 Å². The number of aromatic nitrogens is 1. The van der Waals surface area contributed by atoms with Crippen LogP contribution in [0.2, 0.25) is 0 Å². The van der Waals surface area contributed by atoms with Gasteiger partial charge in [-0.1, -0.05) is 24.3 Å². The number of nitrogens with one attached hydrogen (secondary N) is 1. The molecule has 5 heteroatoms. The Morgan fingerprint density at radius 2 is 1.91 bits per heavy atom. The molecule has 0 spiro atoms. The fourth-order valence-electron chi connectivity index (χ4n) is 2.36. The molecule has 0 bridgehead atoms. The number of fused-ring (bicyclic) bond motifs is 1. The van der Waals surface area contributed by atoms with Crippen molar-refractivity contribution >= 4 is 33.1 Å². The summed E-state index contributed by atoms with van der Waals surface area (Å²) in [5, 5.41) is 5.54. The molecule has 1 aromatic heterocycles. The molecule has 1 amide bonds. The summed E-state index contributed by atoms with van der Waals surface area (Å²) in [5.74, 6) is 0.390. The van der Waals surface area contributed by atoms with Crippen LogP contribution in [0.3, 0.4) is 0 Å². The molecule has 0 aliphatic carbocycles. The van der Waals surface area contributed by atoms with Crippen molar-refractivity contribution in [3.63, 3.8) is 0 Å².